The summed E-state index contributed by atoms with van der Waals surface area (Å²) in [5.74, 6) is -0.418. The molecular formula is C21H26Cl2N2O4S. The monoisotopic (exact) mass is 472 g/mol. The van der Waals surface area contributed by atoms with Crippen molar-refractivity contribution in [3.05, 3.63) is 62.6 Å². The highest BCUT2D eigenvalue weighted by atomic mass is 35.5. The van der Waals surface area contributed by atoms with Crippen LogP contribution >= 0.6 is 23.2 Å². The molecule has 164 valence electrons. The highest BCUT2D eigenvalue weighted by Crippen LogP contribution is 2.28. The molecule has 2 rings (SSSR count). The topological polar surface area (TPSA) is 75.7 Å². The van der Waals surface area contributed by atoms with Crippen molar-refractivity contribution in [3.8, 4) is 0 Å². The van der Waals surface area contributed by atoms with E-state index in [9.17, 15) is 13.2 Å². The number of carbonyl (C=O) groups is 1. The molecule has 30 heavy (non-hydrogen) atoms. The molecule has 1 amide bonds. The molecule has 6 nitrogen and oxygen atoms in total. The second-order valence-corrected chi connectivity index (χ2v) is 9.78. The molecule has 0 heterocycles. The van der Waals surface area contributed by atoms with Gasteiger partial charge in [0.25, 0.3) is 0 Å². The minimum absolute atomic E-state index is 0.0241. The van der Waals surface area contributed by atoms with Gasteiger partial charge in [-0.05, 0) is 49.6 Å². The molecule has 0 aliphatic carbocycles. The summed E-state index contributed by atoms with van der Waals surface area (Å²) in [7, 11) is -2.44. The van der Waals surface area contributed by atoms with Crippen LogP contribution in [-0.4, -0.2) is 45.4 Å². The average Bonchev–Trinajstić information content (AvgIpc) is 2.63. The Balaban J connectivity index is 2.43. The molecule has 0 unspecified atom stereocenters. The van der Waals surface area contributed by atoms with E-state index >= 15 is 0 Å². The van der Waals surface area contributed by atoms with E-state index in [-0.39, 0.29) is 18.0 Å². The highest BCUT2D eigenvalue weighted by Gasteiger charge is 2.30. The molecule has 0 fully saturated rings. The number of hydrogen-bond donors (Lipinski definition) is 1. The van der Waals surface area contributed by atoms with E-state index in [1.807, 2.05) is 19.1 Å². The van der Waals surface area contributed by atoms with Gasteiger partial charge in [-0.25, -0.2) is 8.42 Å². The number of ether oxygens (including phenoxy) is 1. The van der Waals surface area contributed by atoms with Crippen molar-refractivity contribution in [1.82, 2.24) is 9.62 Å². The van der Waals surface area contributed by atoms with Crippen molar-refractivity contribution in [2.45, 2.75) is 32.2 Å². The third kappa shape index (κ3) is 6.18. The Bertz CT molecular complexity index is 1000. The maximum Gasteiger partial charge on any atom is 0.244 e. The average molecular weight is 473 g/mol. The zero-order valence-corrected chi connectivity index (χ0v) is 19.8. The van der Waals surface area contributed by atoms with Crippen LogP contribution in [-0.2, 0) is 26.1 Å². The van der Waals surface area contributed by atoms with Crippen molar-refractivity contribution in [2.75, 3.05) is 26.8 Å². The molecule has 0 radical (unpaired) electrons. The minimum atomic E-state index is -3.96. The molecule has 2 aromatic carbocycles. The summed E-state index contributed by atoms with van der Waals surface area (Å²) in [6.07, 6.45) is 0. The highest BCUT2D eigenvalue weighted by molar-refractivity contribution is 7.89. The molecule has 1 N–H and O–H groups in total. The van der Waals surface area contributed by atoms with Crippen LogP contribution in [0.15, 0.2) is 35.2 Å². The van der Waals surface area contributed by atoms with Crippen LogP contribution in [0.3, 0.4) is 0 Å². The molecule has 0 aromatic heterocycles. The molecule has 0 bridgehead atoms. The van der Waals surface area contributed by atoms with Crippen LogP contribution in [0.5, 0.6) is 0 Å². The summed E-state index contributed by atoms with van der Waals surface area (Å²) in [4.78, 5) is 12.6. The van der Waals surface area contributed by atoms with E-state index in [0.29, 0.717) is 39.9 Å². The van der Waals surface area contributed by atoms with Crippen molar-refractivity contribution in [3.63, 3.8) is 0 Å². The molecule has 0 spiro atoms. The normalized spacial score (nSPS) is 11.7. The Labute approximate surface area is 188 Å². The maximum absolute atomic E-state index is 13.6. The van der Waals surface area contributed by atoms with Gasteiger partial charge in [-0.2, -0.15) is 4.31 Å². The number of benzene rings is 2. The zero-order valence-electron chi connectivity index (χ0n) is 17.5. The molecular weight excluding hydrogens is 447 g/mol. The number of aryl methyl sites for hydroxylation is 3. The number of sulfonamides is 1. The summed E-state index contributed by atoms with van der Waals surface area (Å²) >= 11 is 12.1. The lowest BCUT2D eigenvalue weighted by Gasteiger charge is -2.24. The number of amides is 1. The van der Waals surface area contributed by atoms with Crippen LogP contribution in [0.25, 0.3) is 0 Å². The first kappa shape index (κ1) is 24.6. The van der Waals surface area contributed by atoms with Crippen LogP contribution in [0, 0.1) is 20.8 Å². The number of halogens is 2. The summed E-state index contributed by atoms with van der Waals surface area (Å²) in [6.45, 7) is 5.68. The fraction of sp³-hybridized carbons (Fsp3) is 0.381. The van der Waals surface area contributed by atoms with Gasteiger partial charge in [0.15, 0.2) is 0 Å². The molecule has 0 saturated heterocycles. The molecule has 0 atom stereocenters. The fourth-order valence-corrected chi connectivity index (χ4v) is 5.40. The largest absolute Gasteiger partial charge is 0.383 e. The van der Waals surface area contributed by atoms with Gasteiger partial charge in [0, 0.05) is 20.2 Å². The number of rotatable bonds is 9. The lowest BCUT2D eigenvalue weighted by Crippen LogP contribution is -2.41. The first-order chi connectivity index (χ1) is 14.1. The Morgan fingerprint density at radius 2 is 1.70 bits per heavy atom. The number of nitrogens with zero attached hydrogens (tertiary/aromatic N) is 1. The van der Waals surface area contributed by atoms with E-state index in [2.05, 4.69) is 5.32 Å². The van der Waals surface area contributed by atoms with Crippen molar-refractivity contribution >= 4 is 39.1 Å². The summed E-state index contributed by atoms with van der Waals surface area (Å²) in [6, 6.07) is 8.52. The minimum Gasteiger partial charge on any atom is -0.383 e. The smallest absolute Gasteiger partial charge is 0.244 e. The second-order valence-electron chi connectivity index (χ2n) is 7.09. The van der Waals surface area contributed by atoms with Crippen molar-refractivity contribution < 1.29 is 17.9 Å². The van der Waals surface area contributed by atoms with E-state index in [1.165, 1.54) is 7.11 Å². The van der Waals surface area contributed by atoms with E-state index in [4.69, 9.17) is 27.9 Å². The van der Waals surface area contributed by atoms with Gasteiger partial charge in [-0.3, -0.25) is 4.79 Å². The van der Waals surface area contributed by atoms with Gasteiger partial charge in [-0.1, -0.05) is 47.0 Å². The van der Waals surface area contributed by atoms with Gasteiger partial charge in [-0.15, -0.1) is 0 Å². The van der Waals surface area contributed by atoms with Gasteiger partial charge in [0.05, 0.1) is 28.1 Å². The molecule has 9 heteroatoms. The molecule has 0 saturated carbocycles. The number of hydrogen-bond acceptors (Lipinski definition) is 4. The van der Waals surface area contributed by atoms with Crippen molar-refractivity contribution in [1.29, 1.82) is 0 Å². The van der Waals surface area contributed by atoms with E-state index in [1.54, 1.807) is 32.0 Å². The Hall–Kier alpha value is -1.64. The first-order valence-electron chi connectivity index (χ1n) is 9.33. The first-order valence-corrected chi connectivity index (χ1v) is 11.5. The van der Waals surface area contributed by atoms with E-state index < -0.39 is 15.9 Å². The van der Waals surface area contributed by atoms with Crippen LogP contribution in [0.1, 0.15) is 22.3 Å². The molecule has 2 aromatic rings. The van der Waals surface area contributed by atoms with Gasteiger partial charge in [0.1, 0.15) is 0 Å². The standard InChI is InChI=1S/C21H26Cl2N2O4S/c1-14-9-15(2)21(16(3)10-14)30(27,28)25(13-20(26)24-7-8-29-4)12-17-5-6-18(22)19(23)11-17/h5-6,9-11H,7-8,12-13H2,1-4H3,(H,24,26). The Kier molecular flexibility index (Phi) is 8.70. The zero-order chi connectivity index (χ0) is 22.5. The summed E-state index contributed by atoms with van der Waals surface area (Å²) in [5.41, 5.74) is 2.86. The maximum atomic E-state index is 13.6. The SMILES string of the molecule is COCCNC(=O)CN(Cc1ccc(Cl)c(Cl)c1)S(=O)(=O)c1c(C)cc(C)cc1C. The molecule has 0 aliphatic rings. The number of carbonyl (C=O) groups excluding carboxylic acids is 1. The summed E-state index contributed by atoms with van der Waals surface area (Å²) < 4.78 is 33.2. The summed E-state index contributed by atoms with van der Waals surface area (Å²) in [5, 5.41) is 3.36. The fourth-order valence-electron chi connectivity index (χ4n) is 3.28. The quantitative estimate of drug-likeness (QED) is 0.561. The van der Waals surface area contributed by atoms with Gasteiger partial charge in [0.2, 0.25) is 15.9 Å². The van der Waals surface area contributed by atoms with E-state index in [0.717, 1.165) is 9.87 Å². The Morgan fingerprint density at radius 1 is 1.07 bits per heavy atom. The predicted molar refractivity (Wildman–Crippen MR) is 120 cm³/mol. The predicted octanol–water partition coefficient (Wildman–Crippen LogP) is 3.87. The van der Waals surface area contributed by atoms with Crippen LogP contribution < -0.4 is 5.32 Å². The molecule has 0 aliphatic heterocycles. The third-order valence-corrected chi connectivity index (χ3v) is 7.33. The Morgan fingerprint density at radius 3 is 2.27 bits per heavy atom. The lowest BCUT2D eigenvalue weighted by molar-refractivity contribution is -0.121. The third-order valence-electron chi connectivity index (χ3n) is 4.49. The number of nitrogens with one attached hydrogen (secondary N) is 1. The lowest BCUT2D eigenvalue weighted by atomic mass is 10.1. The van der Waals surface area contributed by atoms with Gasteiger partial charge >= 0.3 is 0 Å². The second kappa shape index (κ2) is 10.6. The van der Waals surface area contributed by atoms with Crippen LogP contribution in [0.4, 0.5) is 0 Å². The van der Waals surface area contributed by atoms with Gasteiger partial charge < -0.3 is 10.1 Å². The van der Waals surface area contributed by atoms with Crippen LogP contribution in [0.2, 0.25) is 10.0 Å². The van der Waals surface area contributed by atoms with Crippen molar-refractivity contribution in [2.24, 2.45) is 0 Å². The number of methoxy groups -OCH3 is 1.